The van der Waals surface area contributed by atoms with E-state index in [2.05, 4.69) is 5.32 Å². The second kappa shape index (κ2) is 4.78. The second-order valence-electron chi connectivity index (χ2n) is 2.97. The van der Waals surface area contributed by atoms with Crippen LogP contribution in [0.1, 0.15) is 32.6 Å². The molecule has 64 valence electrons. The number of nitrogens with one attached hydrogen (secondary N) is 1. The first-order valence-corrected chi connectivity index (χ1v) is 5.14. The van der Waals surface area contributed by atoms with Crippen molar-refractivity contribution < 1.29 is 4.79 Å². The van der Waals surface area contributed by atoms with Gasteiger partial charge in [-0.1, -0.05) is 24.6 Å². The Morgan fingerprint density at radius 2 is 2.18 bits per heavy atom. The summed E-state index contributed by atoms with van der Waals surface area (Å²) in [5.41, 5.74) is 0. The van der Waals surface area contributed by atoms with E-state index in [0.717, 1.165) is 5.88 Å². The van der Waals surface area contributed by atoms with Crippen molar-refractivity contribution in [3.63, 3.8) is 0 Å². The summed E-state index contributed by atoms with van der Waals surface area (Å²) in [6, 6.07) is 0.682. The lowest BCUT2D eigenvalue weighted by molar-refractivity contribution is -0.109. The van der Waals surface area contributed by atoms with Crippen LogP contribution in [0.15, 0.2) is 0 Å². The molecule has 1 fully saturated rings. The lowest BCUT2D eigenvalue weighted by Crippen LogP contribution is -2.25. The van der Waals surface area contributed by atoms with E-state index < -0.39 is 0 Å². The number of rotatable bonds is 3. The third-order valence-electron chi connectivity index (χ3n) is 2.00. The molecule has 0 radical (unpaired) electrons. The fourth-order valence-electron chi connectivity index (χ4n) is 1.39. The summed E-state index contributed by atoms with van der Waals surface area (Å²) < 4.78 is 0. The highest BCUT2D eigenvalue weighted by molar-refractivity contribution is 8.13. The molecule has 1 aliphatic rings. The zero-order valence-electron chi connectivity index (χ0n) is 6.93. The first-order chi connectivity index (χ1) is 5.29. The zero-order chi connectivity index (χ0) is 8.10. The Kier molecular flexibility index (Phi) is 3.94. The summed E-state index contributed by atoms with van der Waals surface area (Å²) in [5, 5.41) is 3.56. The van der Waals surface area contributed by atoms with Crippen molar-refractivity contribution in [2.75, 3.05) is 5.88 Å². The van der Waals surface area contributed by atoms with Gasteiger partial charge in [-0.3, -0.25) is 4.79 Å². The largest absolute Gasteiger partial charge is 0.305 e. The minimum absolute atomic E-state index is 0.204. The third-order valence-corrected chi connectivity index (χ3v) is 2.72. The molecular weight excluding hydrogens is 158 g/mol. The van der Waals surface area contributed by atoms with E-state index in [-0.39, 0.29) is 5.12 Å². The predicted molar refractivity (Wildman–Crippen MR) is 48.5 cm³/mol. The van der Waals surface area contributed by atoms with Crippen molar-refractivity contribution in [2.24, 2.45) is 0 Å². The molecule has 1 rings (SSSR count). The Hall–Kier alpha value is -0.0200. The van der Waals surface area contributed by atoms with Crippen LogP contribution in [0.2, 0.25) is 0 Å². The second-order valence-corrected chi connectivity index (χ2v) is 4.12. The molecule has 1 saturated carbocycles. The fraction of sp³-hybridized carbons (Fsp3) is 0.875. The lowest BCUT2D eigenvalue weighted by Gasteiger charge is -2.09. The van der Waals surface area contributed by atoms with Gasteiger partial charge in [0, 0.05) is 18.8 Å². The maximum absolute atomic E-state index is 10.5. The van der Waals surface area contributed by atoms with Gasteiger partial charge in [-0.05, 0) is 12.8 Å². The number of hydrogen-bond donors (Lipinski definition) is 1. The van der Waals surface area contributed by atoms with Crippen LogP contribution in [0, 0.1) is 0 Å². The summed E-state index contributed by atoms with van der Waals surface area (Å²) in [7, 11) is 0. The Morgan fingerprint density at radius 3 is 2.73 bits per heavy atom. The van der Waals surface area contributed by atoms with Crippen molar-refractivity contribution >= 4 is 16.9 Å². The third kappa shape index (κ3) is 3.77. The summed E-state index contributed by atoms with van der Waals surface area (Å²) in [6.45, 7) is 1.61. The van der Waals surface area contributed by atoms with Gasteiger partial charge in [-0.15, -0.1) is 0 Å². The minimum atomic E-state index is 0.204. The average molecular weight is 173 g/mol. The van der Waals surface area contributed by atoms with Crippen LogP contribution in [-0.2, 0) is 4.79 Å². The van der Waals surface area contributed by atoms with Gasteiger partial charge in [0.25, 0.3) is 0 Å². The van der Waals surface area contributed by atoms with Gasteiger partial charge >= 0.3 is 0 Å². The van der Waals surface area contributed by atoms with E-state index in [0.29, 0.717) is 6.04 Å². The van der Waals surface area contributed by atoms with Gasteiger partial charge < -0.3 is 5.32 Å². The van der Waals surface area contributed by atoms with Crippen molar-refractivity contribution in [1.82, 2.24) is 5.32 Å². The molecule has 3 heteroatoms. The molecule has 1 N–H and O–H groups in total. The summed E-state index contributed by atoms with van der Waals surface area (Å²) >= 11 is 1.37. The van der Waals surface area contributed by atoms with Crippen LogP contribution < -0.4 is 5.32 Å². The van der Waals surface area contributed by atoms with Gasteiger partial charge in [-0.25, -0.2) is 0 Å². The molecule has 0 amide bonds. The molecule has 2 nitrogen and oxygen atoms in total. The summed E-state index contributed by atoms with van der Waals surface area (Å²) in [6.07, 6.45) is 5.28. The van der Waals surface area contributed by atoms with Gasteiger partial charge in [0.2, 0.25) is 0 Å². The fourth-order valence-corrected chi connectivity index (χ4v) is 1.91. The Labute approximate surface area is 72.1 Å². The van der Waals surface area contributed by atoms with Crippen molar-refractivity contribution in [3.05, 3.63) is 0 Å². The molecule has 0 bridgehead atoms. The van der Waals surface area contributed by atoms with Gasteiger partial charge in [0.15, 0.2) is 5.12 Å². The predicted octanol–water partition coefficient (Wildman–Crippen LogP) is 1.76. The minimum Gasteiger partial charge on any atom is -0.305 e. The van der Waals surface area contributed by atoms with Crippen LogP contribution in [0.3, 0.4) is 0 Å². The number of thioether (sulfide) groups is 1. The number of carbonyl (C=O) groups is 1. The van der Waals surface area contributed by atoms with E-state index in [1.54, 1.807) is 6.92 Å². The topological polar surface area (TPSA) is 29.1 Å². The molecule has 0 saturated heterocycles. The monoisotopic (exact) mass is 173 g/mol. The van der Waals surface area contributed by atoms with Crippen LogP contribution in [0.25, 0.3) is 0 Å². The van der Waals surface area contributed by atoms with E-state index in [9.17, 15) is 4.79 Å². The van der Waals surface area contributed by atoms with E-state index in [4.69, 9.17) is 0 Å². The van der Waals surface area contributed by atoms with Gasteiger partial charge in [-0.2, -0.15) is 0 Å². The van der Waals surface area contributed by atoms with Gasteiger partial charge in [0.05, 0.1) is 0 Å². The standard InChI is InChI=1S/C8H15NOS/c1-7(10)11-6-9-8-4-2-3-5-8/h8-9H,2-6H2,1H3. The molecule has 0 aromatic rings. The van der Waals surface area contributed by atoms with Gasteiger partial charge in [0.1, 0.15) is 0 Å². The molecule has 0 unspecified atom stereocenters. The molecule has 0 aliphatic heterocycles. The smallest absolute Gasteiger partial charge is 0.187 e. The highest BCUT2D eigenvalue weighted by atomic mass is 32.2. The molecule has 0 heterocycles. The van der Waals surface area contributed by atoms with E-state index in [1.165, 1.54) is 37.4 Å². The molecule has 1 aliphatic carbocycles. The summed E-state index contributed by atoms with van der Waals surface area (Å²) in [4.78, 5) is 10.5. The Morgan fingerprint density at radius 1 is 1.55 bits per heavy atom. The van der Waals surface area contributed by atoms with Crippen molar-refractivity contribution in [1.29, 1.82) is 0 Å². The van der Waals surface area contributed by atoms with E-state index in [1.807, 2.05) is 0 Å². The SMILES string of the molecule is CC(=O)SCNC1CCCC1. The molecule has 0 aromatic carbocycles. The number of carbonyl (C=O) groups excluding carboxylic acids is 1. The lowest BCUT2D eigenvalue weighted by atomic mass is 10.3. The Bertz CT molecular complexity index is 132. The molecule has 11 heavy (non-hydrogen) atoms. The van der Waals surface area contributed by atoms with Crippen LogP contribution in [-0.4, -0.2) is 17.0 Å². The van der Waals surface area contributed by atoms with Crippen LogP contribution >= 0.6 is 11.8 Å². The number of hydrogen-bond acceptors (Lipinski definition) is 3. The van der Waals surface area contributed by atoms with Crippen LogP contribution in [0.4, 0.5) is 0 Å². The first-order valence-electron chi connectivity index (χ1n) is 4.16. The highest BCUT2D eigenvalue weighted by Crippen LogP contribution is 2.17. The zero-order valence-corrected chi connectivity index (χ0v) is 7.75. The maximum atomic E-state index is 10.5. The normalized spacial score (nSPS) is 19.0. The quantitative estimate of drug-likeness (QED) is 0.659. The highest BCUT2D eigenvalue weighted by Gasteiger charge is 2.13. The summed E-state index contributed by atoms with van der Waals surface area (Å²) in [5.74, 6) is 0.792. The Balaban J connectivity index is 1.98. The van der Waals surface area contributed by atoms with Crippen LogP contribution in [0.5, 0.6) is 0 Å². The maximum Gasteiger partial charge on any atom is 0.187 e. The molecule has 0 spiro atoms. The van der Waals surface area contributed by atoms with Crippen molar-refractivity contribution in [2.45, 2.75) is 38.6 Å². The van der Waals surface area contributed by atoms with Crippen molar-refractivity contribution in [3.8, 4) is 0 Å². The average Bonchev–Trinajstić information content (AvgIpc) is 2.39. The molecular formula is C8H15NOS. The van der Waals surface area contributed by atoms with E-state index >= 15 is 0 Å². The molecule has 0 atom stereocenters. The first kappa shape index (κ1) is 9.07. The molecule has 0 aromatic heterocycles.